The molecule has 4 aliphatic rings. The van der Waals surface area contributed by atoms with Gasteiger partial charge < -0.3 is 39.7 Å². The number of nitrogens with zero attached hydrogens (tertiary/aromatic N) is 10. The molecule has 6 rings (SSSR count). The van der Waals surface area contributed by atoms with Gasteiger partial charge in [-0.25, -0.2) is 0 Å². The molecule has 0 bridgehead atoms. The second-order valence-electron chi connectivity index (χ2n) is 25.6. The highest BCUT2D eigenvalue weighted by atomic mass is 16.5. The van der Waals surface area contributed by atoms with Gasteiger partial charge in [-0.2, -0.15) is 29.9 Å². The summed E-state index contributed by atoms with van der Waals surface area (Å²) in [6.07, 6.45) is 12.7. The van der Waals surface area contributed by atoms with Gasteiger partial charge in [-0.05, 0) is 162 Å². The molecular weight excluding hydrogens is 857 g/mol. The molecule has 2 amide bonds. The molecule has 2 aromatic rings. The largest absolute Gasteiger partial charge is 0.460 e. The van der Waals surface area contributed by atoms with Crippen LogP contribution in [0.3, 0.4) is 0 Å². The molecule has 382 valence electrons. The van der Waals surface area contributed by atoms with Crippen LogP contribution in [-0.4, -0.2) is 121 Å². The molecule has 0 spiro atoms. The Balaban J connectivity index is 1.11. The molecule has 4 aliphatic heterocycles. The minimum atomic E-state index is -0.389. The van der Waals surface area contributed by atoms with Crippen LogP contribution < -0.4 is 29.9 Å². The van der Waals surface area contributed by atoms with Crippen molar-refractivity contribution in [2.75, 3.05) is 33.5 Å². The van der Waals surface area contributed by atoms with Gasteiger partial charge >= 0.3 is 12.0 Å². The van der Waals surface area contributed by atoms with Gasteiger partial charge in [-0.15, -0.1) is 0 Å². The maximum Gasteiger partial charge on any atom is 0.323 e. The summed E-state index contributed by atoms with van der Waals surface area (Å²) < 4.78 is 13.4. The molecule has 16 nitrogen and oxygen atoms in total. The first-order valence-electron chi connectivity index (χ1n) is 25.8. The van der Waals surface area contributed by atoms with Crippen LogP contribution in [0.15, 0.2) is 0 Å². The summed E-state index contributed by atoms with van der Waals surface area (Å²) in [6.45, 7) is 39.8. The van der Waals surface area contributed by atoms with Crippen LogP contribution in [0.2, 0.25) is 0 Å². The summed E-state index contributed by atoms with van der Waals surface area (Å²) in [6, 6.07) is 0.643. The van der Waals surface area contributed by atoms with E-state index < -0.39 is 0 Å². The summed E-state index contributed by atoms with van der Waals surface area (Å²) in [5.74, 6) is 2.44. The maximum atomic E-state index is 12.8. The summed E-state index contributed by atoms with van der Waals surface area (Å²) in [7, 11) is 0. The van der Waals surface area contributed by atoms with Crippen molar-refractivity contribution in [2.24, 2.45) is 0 Å². The van der Waals surface area contributed by atoms with Crippen molar-refractivity contribution in [2.45, 2.75) is 271 Å². The fourth-order valence-corrected chi connectivity index (χ4v) is 13.8. The van der Waals surface area contributed by atoms with E-state index in [0.29, 0.717) is 74.6 Å². The van der Waals surface area contributed by atoms with Gasteiger partial charge in [0.1, 0.15) is 12.2 Å². The Kier molecular flexibility index (Phi) is 15.0. The molecule has 0 aliphatic carbocycles. The zero-order chi connectivity index (χ0) is 50.5. The molecule has 0 aromatic carbocycles. The molecule has 4 fully saturated rings. The van der Waals surface area contributed by atoms with E-state index in [2.05, 4.69) is 131 Å². The van der Waals surface area contributed by atoms with Gasteiger partial charge in [0.25, 0.3) is 0 Å². The van der Waals surface area contributed by atoms with Crippen molar-refractivity contribution in [3.8, 4) is 12.0 Å². The number of amides is 2. The molecule has 68 heavy (non-hydrogen) atoms. The van der Waals surface area contributed by atoms with E-state index in [9.17, 15) is 9.59 Å². The smallest absolute Gasteiger partial charge is 0.323 e. The van der Waals surface area contributed by atoms with Gasteiger partial charge in [0.15, 0.2) is 0 Å². The minimum absolute atomic E-state index is 0.0734. The second-order valence-corrected chi connectivity index (χ2v) is 25.6. The van der Waals surface area contributed by atoms with Crippen LogP contribution in [-0.2, 0) is 9.59 Å². The standard InChI is InChI=1S/C52H90N12O4/c1-35(65)61-49(11,12)31-37(32-50(61,13)14)67-43-57-39(55-41(59-43)63-45(3,4)25-23-26-46(63,5)6)53-29-21-19-20-22-30-54-40-56-42(64-47(7,8)27-24-28-48(64,9)10)60-44(58-40)68-38-33-51(15,16)62(36(2)66)52(17,18)34-38/h37-38H,19-34H2,1-18H3,(H,53,55,57,59)(H,54,56,58,60). The van der Waals surface area contributed by atoms with Gasteiger partial charge in [0, 0.05) is 96.9 Å². The summed E-state index contributed by atoms with van der Waals surface area (Å²) in [4.78, 5) is 64.1. The number of rotatable bonds is 15. The first kappa shape index (κ1) is 53.1. The lowest BCUT2D eigenvalue weighted by atomic mass is 9.78. The van der Waals surface area contributed by atoms with Crippen molar-refractivity contribution >= 4 is 35.6 Å². The molecule has 0 atom stereocenters. The Morgan fingerprint density at radius 3 is 1.03 bits per heavy atom. The topological polar surface area (TPSA) is 167 Å². The number of carbonyl (C=O) groups is 2. The molecule has 16 heteroatoms. The van der Waals surface area contributed by atoms with E-state index in [1.165, 1.54) is 0 Å². The van der Waals surface area contributed by atoms with Gasteiger partial charge in [-0.1, -0.05) is 12.8 Å². The highest BCUT2D eigenvalue weighted by Gasteiger charge is 2.50. The Hall–Kier alpha value is -4.24. The molecule has 2 N–H and O–H groups in total. The van der Waals surface area contributed by atoms with E-state index in [1.54, 1.807) is 13.8 Å². The summed E-state index contributed by atoms with van der Waals surface area (Å²) in [5.41, 5.74) is -2.15. The van der Waals surface area contributed by atoms with Crippen LogP contribution in [0.1, 0.15) is 215 Å². The number of aromatic nitrogens is 6. The zero-order valence-corrected chi connectivity index (χ0v) is 45.6. The SMILES string of the molecule is CC(=O)N1C(C)(C)CC(Oc2nc(NCCCCCCNc3nc(OC4CC(C)(C)N(C(C)=O)C(C)(C)C4)nc(N4C(C)(C)CCCC4(C)C)n3)nc(N3C(C)(C)CCCC3(C)C)n2)CC1(C)C. The molecule has 0 radical (unpaired) electrons. The van der Waals surface area contributed by atoms with Crippen LogP contribution in [0, 0.1) is 0 Å². The minimum Gasteiger partial charge on any atom is -0.460 e. The number of piperidine rings is 4. The number of anilines is 4. The average molecular weight is 947 g/mol. The lowest BCUT2D eigenvalue weighted by Crippen LogP contribution is -2.64. The second kappa shape index (κ2) is 19.2. The fourth-order valence-electron chi connectivity index (χ4n) is 13.8. The number of nitrogens with one attached hydrogen (secondary N) is 2. The highest BCUT2D eigenvalue weighted by molar-refractivity contribution is 5.75. The van der Waals surface area contributed by atoms with Gasteiger partial charge in [-0.3, -0.25) is 9.59 Å². The monoisotopic (exact) mass is 947 g/mol. The number of ether oxygens (including phenoxy) is 2. The Morgan fingerprint density at radius 1 is 0.456 bits per heavy atom. The van der Waals surface area contributed by atoms with E-state index in [0.717, 1.165) is 64.2 Å². The molecule has 6 heterocycles. The van der Waals surface area contributed by atoms with Crippen molar-refractivity contribution in [1.29, 1.82) is 0 Å². The average Bonchev–Trinajstić information content (AvgIpc) is 3.11. The predicted molar refractivity (Wildman–Crippen MR) is 273 cm³/mol. The van der Waals surface area contributed by atoms with E-state index in [4.69, 9.17) is 39.4 Å². The Morgan fingerprint density at radius 2 is 0.750 bits per heavy atom. The normalized spacial score (nSPS) is 23.7. The van der Waals surface area contributed by atoms with E-state index >= 15 is 0 Å². The third-order valence-corrected chi connectivity index (χ3v) is 15.4. The first-order chi connectivity index (χ1) is 31.3. The van der Waals surface area contributed by atoms with Gasteiger partial charge in [0.2, 0.25) is 35.6 Å². The highest BCUT2D eigenvalue weighted by Crippen LogP contribution is 2.45. The summed E-state index contributed by atoms with van der Waals surface area (Å²) >= 11 is 0. The van der Waals surface area contributed by atoms with Crippen LogP contribution in [0.4, 0.5) is 23.8 Å². The van der Waals surface area contributed by atoms with Crippen LogP contribution in [0.5, 0.6) is 12.0 Å². The number of hydrogen-bond donors (Lipinski definition) is 2. The lowest BCUT2D eigenvalue weighted by Gasteiger charge is -2.54. The predicted octanol–water partition coefficient (Wildman–Crippen LogP) is 10.1. The number of hydrogen-bond acceptors (Lipinski definition) is 14. The Bertz CT molecular complexity index is 1900. The number of likely N-dealkylation sites (tertiary alicyclic amines) is 2. The number of unbranched alkanes of at least 4 members (excludes halogenated alkanes) is 3. The van der Waals surface area contributed by atoms with Gasteiger partial charge in [0.05, 0.1) is 0 Å². The molecule has 0 unspecified atom stereocenters. The number of carbonyl (C=O) groups excluding carboxylic acids is 2. The van der Waals surface area contributed by atoms with E-state index in [1.807, 2.05) is 9.80 Å². The zero-order valence-electron chi connectivity index (χ0n) is 45.6. The molecule has 0 saturated carbocycles. The molecule has 2 aromatic heterocycles. The maximum absolute atomic E-state index is 12.8. The van der Waals surface area contributed by atoms with E-state index in [-0.39, 0.29) is 68.3 Å². The van der Waals surface area contributed by atoms with Crippen LogP contribution in [0.25, 0.3) is 0 Å². The first-order valence-corrected chi connectivity index (χ1v) is 25.8. The van der Waals surface area contributed by atoms with Crippen molar-refractivity contribution in [3.63, 3.8) is 0 Å². The quantitative estimate of drug-likeness (QED) is 0.162. The molecule has 4 saturated heterocycles. The van der Waals surface area contributed by atoms with Crippen molar-refractivity contribution in [1.82, 2.24) is 39.7 Å². The van der Waals surface area contributed by atoms with Crippen molar-refractivity contribution in [3.05, 3.63) is 0 Å². The lowest BCUT2D eigenvalue weighted by molar-refractivity contribution is -0.152. The third-order valence-electron chi connectivity index (χ3n) is 15.4. The third kappa shape index (κ3) is 11.8. The fraction of sp³-hybridized carbons (Fsp3) is 0.846. The summed E-state index contributed by atoms with van der Waals surface area (Å²) in [5, 5.41) is 7.07. The molecular formula is C52H90N12O4. The Labute approximate surface area is 409 Å². The van der Waals surface area contributed by atoms with Crippen molar-refractivity contribution < 1.29 is 19.1 Å². The van der Waals surface area contributed by atoms with Crippen LogP contribution >= 0.6 is 0 Å².